The Morgan fingerprint density at radius 3 is 2.59 bits per heavy atom. The lowest BCUT2D eigenvalue weighted by molar-refractivity contribution is 0.406. The summed E-state index contributed by atoms with van der Waals surface area (Å²) in [5.74, 6) is 2.17. The van der Waals surface area contributed by atoms with E-state index < -0.39 is 0 Å². The SMILES string of the molecule is CCCCCNC(=NC)NCC(C)c1ccccc1OC.I. The molecule has 0 radical (unpaired) electrons. The first-order chi connectivity index (χ1) is 10.2. The zero-order valence-electron chi connectivity index (χ0n) is 14.2. The predicted molar refractivity (Wildman–Crippen MR) is 106 cm³/mol. The van der Waals surface area contributed by atoms with E-state index in [1.54, 1.807) is 7.11 Å². The zero-order valence-corrected chi connectivity index (χ0v) is 16.5. The lowest BCUT2D eigenvalue weighted by Crippen LogP contribution is -2.39. The summed E-state index contributed by atoms with van der Waals surface area (Å²) in [6.45, 7) is 6.20. The van der Waals surface area contributed by atoms with Gasteiger partial charge in [0.2, 0.25) is 0 Å². The van der Waals surface area contributed by atoms with Crippen LogP contribution in [0.4, 0.5) is 0 Å². The first-order valence-corrected chi connectivity index (χ1v) is 7.80. The van der Waals surface area contributed by atoms with Crippen LogP contribution < -0.4 is 15.4 Å². The van der Waals surface area contributed by atoms with E-state index in [0.29, 0.717) is 5.92 Å². The first kappa shape index (κ1) is 21.0. The fraction of sp³-hybridized carbons (Fsp3) is 0.588. The number of hydrogen-bond acceptors (Lipinski definition) is 2. The Hall–Kier alpha value is -0.980. The topological polar surface area (TPSA) is 45.7 Å². The maximum absolute atomic E-state index is 5.42. The van der Waals surface area contributed by atoms with Crippen molar-refractivity contribution in [2.24, 2.45) is 4.99 Å². The van der Waals surface area contributed by atoms with Gasteiger partial charge in [0, 0.05) is 26.1 Å². The molecule has 0 saturated carbocycles. The van der Waals surface area contributed by atoms with Crippen LogP contribution in [0.3, 0.4) is 0 Å². The third-order valence-electron chi connectivity index (χ3n) is 3.54. The number of hydrogen-bond donors (Lipinski definition) is 2. The van der Waals surface area contributed by atoms with Gasteiger partial charge in [-0.3, -0.25) is 4.99 Å². The molecule has 0 aliphatic rings. The predicted octanol–water partition coefficient (Wildman–Crippen LogP) is 3.77. The molecule has 0 spiro atoms. The van der Waals surface area contributed by atoms with Crippen LogP contribution >= 0.6 is 24.0 Å². The molecule has 1 rings (SSSR count). The van der Waals surface area contributed by atoms with E-state index in [4.69, 9.17) is 4.74 Å². The van der Waals surface area contributed by atoms with Gasteiger partial charge in [-0.25, -0.2) is 0 Å². The van der Waals surface area contributed by atoms with Crippen molar-refractivity contribution in [3.8, 4) is 5.75 Å². The highest BCUT2D eigenvalue weighted by Gasteiger charge is 2.11. The highest BCUT2D eigenvalue weighted by molar-refractivity contribution is 14.0. The molecular weight excluding hydrogens is 389 g/mol. The molecule has 0 aliphatic carbocycles. The average Bonchev–Trinajstić information content (AvgIpc) is 2.53. The van der Waals surface area contributed by atoms with Crippen LogP contribution in [-0.2, 0) is 0 Å². The Balaban J connectivity index is 0.00000441. The van der Waals surface area contributed by atoms with Crippen LogP contribution in [0.5, 0.6) is 5.75 Å². The number of nitrogens with one attached hydrogen (secondary N) is 2. The fourth-order valence-electron chi connectivity index (χ4n) is 2.24. The highest BCUT2D eigenvalue weighted by Crippen LogP contribution is 2.25. The van der Waals surface area contributed by atoms with Crippen molar-refractivity contribution in [1.29, 1.82) is 0 Å². The lowest BCUT2D eigenvalue weighted by atomic mass is 10.0. The maximum Gasteiger partial charge on any atom is 0.190 e. The monoisotopic (exact) mass is 419 g/mol. The average molecular weight is 419 g/mol. The van der Waals surface area contributed by atoms with Crippen LogP contribution in [-0.4, -0.2) is 33.2 Å². The molecule has 1 atom stereocenters. The number of nitrogens with zero attached hydrogens (tertiary/aromatic N) is 1. The molecule has 0 heterocycles. The second kappa shape index (κ2) is 12.6. The number of methoxy groups -OCH3 is 1. The summed E-state index contributed by atoms with van der Waals surface area (Å²) in [6.07, 6.45) is 3.67. The van der Waals surface area contributed by atoms with Crippen LogP contribution in [0.1, 0.15) is 44.6 Å². The Morgan fingerprint density at radius 2 is 1.95 bits per heavy atom. The molecular formula is C17H30IN3O. The third-order valence-corrected chi connectivity index (χ3v) is 3.54. The number of rotatable bonds is 8. The highest BCUT2D eigenvalue weighted by atomic mass is 127. The van der Waals surface area contributed by atoms with Gasteiger partial charge in [0.1, 0.15) is 5.75 Å². The number of benzene rings is 1. The number of para-hydroxylation sites is 1. The van der Waals surface area contributed by atoms with E-state index in [2.05, 4.69) is 35.5 Å². The van der Waals surface area contributed by atoms with Crippen molar-refractivity contribution in [2.75, 3.05) is 27.2 Å². The smallest absolute Gasteiger partial charge is 0.190 e. The number of aliphatic imine (C=N–C) groups is 1. The second-order valence-electron chi connectivity index (χ2n) is 5.23. The minimum atomic E-state index is 0. The van der Waals surface area contributed by atoms with Crippen molar-refractivity contribution in [3.63, 3.8) is 0 Å². The number of unbranched alkanes of at least 4 members (excludes halogenated alkanes) is 2. The minimum Gasteiger partial charge on any atom is -0.496 e. The Labute approximate surface area is 152 Å². The normalized spacial score (nSPS) is 12.3. The molecule has 5 heteroatoms. The van der Waals surface area contributed by atoms with Gasteiger partial charge in [-0.2, -0.15) is 0 Å². The molecule has 0 aromatic heterocycles. The quantitative estimate of drug-likeness (QED) is 0.292. The summed E-state index contributed by atoms with van der Waals surface area (Å²) in [6, 6.07) is 8.16. The summed E-state index contributed by atoms with van der Waals surface area (Å²) >= 11 is 0. The van der Waals surface area contributed by atoms with Crippen molar-refractivity contribution in [3.05, 3.63) is 29.8 Å². The van der Waals surface area contributed by atoms with Crippen LogP contribution in [0.2, 0.25) is 0 Å². The van der Waals surface area contributed by atoms with E-state index in [-0.39, 0.29) is 24.0 Å². The van der Waals surface area contributed by atoms with E-state index in [0.717, 1.165) is 24.8 Å². The van der Waals surface area contributed by atoms with E-state index in [1.165, 1.54) is 24.8 Å². The van der Waals surface area contributed by atoms with Crippen molar-refractivity contribution < 1.29 is 4.74 Å². The molecule has 0 saturated heterocycles. The molecule has 1 aromatic carbocycles. The van der Waals surface area contributed by atoms with E-state index in [9.17, 15) is 0 Å². The van der Waals surface area contributed by atoms with Gasteiger partial charge in [0.25, 0.3) is 0 Å². The van der Waals surface area contributed by atoms with E-state index in [1.807, 2.05) is 25.2 Å². The Bertz CT molecular complexity index is 438. The molecule has 0 aliphatic heterocycles. The summed E-state index contributed by atoms with van der Waals surface area (Å²) in [7, 11) is 3.52. The second-order valence-corrected chi connectivity index (χ2v) is 5.23. The van der Waals surface area contributed by atoms with Crippen LogP contribution in [0, 0.1) is 0 Å². The standard InChI is InChI=1S/C17H29N3O.HI/c1-5-6-9-12-19-17(18-3)20-13-14(2)15-10-7-8-11-16(15)21-4;/h7-8,10-11,14H,5-6,9,12-13H2,1-4H3,(H2,18,19,20);1H. The van der Waals surface area contributed by atoms with Gasteiger partial charge in [0.05, 0.1) is 7.11 Å². The van der Waals surface area contributed by atoms with Gasteiger partial charge >= 0.3 is 0 Å². The summed E-state index contributed by atoms with van der Waals surface area (Å²) in [5, 5.41) is 6.73. The molecule has 4 nitrogen and oxygen atoms in total. The third kappa shape index (κ3) is 7.33. The van der Waals surface area contributed by atoms with Gasteiger partial charge in [-0.1, -0.05) is 44.9 Å². The Kier molecular flexibility index (Phi) is 12.0. The molecule has 22 heavy (non-hydrogen) atoms. The summed E-state index contributed by atoms with van der Waals surface area (Å²) in [4.78, 5) is 4.26. The van der Waals surface area contributed by atoms with Crippen LogP contribution in [0.25, 0.3) is 0 Å². The van der Waals surface area contributed by atoms with Gasteiger partial charge in [-0.05, 0) is 18.1 Å². The van der Waals surface area contributed by atoms with Crippen molar-refractivity contribution in [2.45, 2.75) is 39.0 Å². The fourth-order valence-corrected chi connectivity index (χ4v) is 2.24. The lowest BCUT2D eigenvalue weighted by Gasteiger charge is -2.18. The van der Waals surface area contributed by atoms with Crippen molar-refractivity contribution >= 4 is 29.9 Å². The first-order valence-electron chi connectivity index (χ1n) is 7.80. The number of halogens is 1. The van der Waals surface area contributed by atoms with Crippen molar-refractivity contribution in [1.82, 2.24) is 10.6 Å². The van der Waals surface area contributed by atoms with Crippen LogP contribution in [0.15, 0.2) is 29.3 Å². The maximum atomic E-state index is 5.42. The molecule has 126 valence electrons. The molecule has 0 bridgehead atoms. The minimum absolute atomic E-state index is 0. The van der Waals surface area contributed by atoms with E-state index >= 15 is 0 Å². The molecule has 1 aromatic rings. The summed E-state index contributed by atoms with van der Waals surface area (Å²) < 4.78 is 5.42. The molecule has 2 N–H and O–H groups in total. The molecule has 1 unspecified atom stereocenters. The van der Waals surface area contributed by atoms with Gasteiger partial charge in [0.15, 0.2) is 5.96 Å². The molecule has 0 fully saturated rings. The number of guanidine groups is 1. The Morgan fingerprint density at radius 1 is 1.23 bits per heavy atom. The number of ether oxygens (including phenoxy) is 1. The zero-order chi connectivity index (χ0) is 15.5. The van der Waals surface area contributed by atoms with Gasteiger partial charge in [-0.15, -0.1) is 24.0 Å². The molecule has 0 amide bonds. The van der Waals surface area contributed by atoms with Gasteiger partial charge < -0.3 is 15.4 Å². The largest absolute Gasteiger partial charge is 0.496 e. The summed E-state index contributed by atoms with van der Waals surface area (Å²) in [5.41, 5.74) is 1.22.